The Hall–Kier alpha value is -1.49. The van der Waals surface area contributed by atoms with E-state index in [1.807, 2.05) is 0 Å². The van der Waals surface area contributed by atoms with Crippen LogP contribution in [0, 0.1) is 0 Å². The van der Waals surface area contributed by atoms with Gasteiger partial charge in [-0.3, -0.25) is 4.79 Å². The SMILES string of the molecule is CNC(CC(F)(F)Cc1ccccc1)C(=O)O. The molecule has 0 aliphatic rings. The summed E-state index contributed by atoms with van der Waals surface area (Å²) >= 11 is 0. The molecular weight excluding hydrogens is 228 g/mol. The fourth-order valence-electron chi connectivity index (χ4n) is 1.58. The molecule has 1 unspecified atom stereocenters. The molecule has 0 saturated heterocycles. The minimum atomic E-state index is -3.03. The van der Waals surface area contributed by atoms with Crippen LogP contribution >= 0.6 is 0 Å². The van der Waals surface area contributed by atoms with E-state index in [-0.39, 0.29) is 0 Å². The highest BCUT2D eigenvalue weighted by atomic mass is 19.3. The van der Waals surface area contributed by atoms with Crippen LogP contribution < -0.4 is 5.32 Å². The zero-order valence-electron chi connectivity index (χ0n) is 9.49. The first-order valence-corrected chi connectivity index (χ1v) is 5.26. The van der Waals surface area contributed by atoms with Crippen molar-refractivity contribution in [2.45, 2.75) is 24.8 Å². The smallest absolute Gasteiger partial charge is 0.320 e. The normalized spacial score (nSPS) is 13.4. The van der Waals surface area contributed by atoms with E-state index >= 15 is 0 Å². The summed E-state index contributed by atoms with van der Waals surface area (Å²) in [6, 6.07) is 7.08. The molecule has 1 atom stereocenters. The lowest BCUT2D eigenvalue weighted by Crippen LogP contribution is -2.40. The van der Waals surface area contributed by atoms with Crippen molar-refractivity contribution in [3.63, 3.8) is 0 Å². The summed E-state index contributed by atoms with van der Waals surface area (Å²) < 4.78 is 27.2. The standard InChI is InChI=1S/C12H15F2NO2/c1-15-10(11(16)17)8-12(13,14)7-9-5-3-2-4-6-9/h2-6,10,15H,7-8H2,1H3,(H,16,17). The van der Waals surface area contributed by atoms with Crippen molar-refractivity contribution in [2.75, 3.05) is 7.05 Å². The average molecular weight is 243 g/mol. The van der Waals surface area contributed by atoms with Crippen molar-refractivity contribution in [3.05, 3.63) is 35.9 Å². The van der Waals surface area contributed by atoms with E-state index in [2.05, 4.69) is 5.32 Å². The van der Waals surface area contributed by atoms with E-state index in [0.717, 1.165) is 0 Å². The zero-order valence-corrected chi connectivity index (χ0v) is 9.49. The first-order valence-electron chi connectivity index (χ1n) is 5.26. The summed E-state index contributed by atoms with van der Waals surface area (Å²) in [5.74, 6) is -4.30. The number of hydrogen-bond donors (Lipinski definition) is 2. The number of benzene rings is 1. The van der Waals surface area contributed by atoms with Gasteiger partial charge in [0.25, 0.3) is 5.92 Å². The van der Waals surface area contributed by atoms with Gasteiger partial charge in [0.05, 0.1) is 0 Å². The van der Waals surface area contributed by atoms with Gasteiger partial charge >= 0.3 is 5.97 Å². The lowest BCUT2D eigenvalue weighted by Gasteiger charge is -2.20. The summed E-state index contributed by atoms with van der Waals surface area (Å²) in [6.07, 6.45) is -1.16. The van der Waals surface area contributed by atoms with Gasteiger partial charge in [0, 0.05) is 12.8 Å². The van der Waals surface area contributed by atoms with Crippen molar-refractivity contribution in [2.24, 2.45) is 0 Å². The Labute approximate surface area is 98.5 Å². The lowest BCUT2D eigenvalue weighted by atomic mass is 10.0. The molecule has 5 heteroatoms. The van der Waals surface area contributed by atoms with Crippen molar-refractivity contribution in [3.8, 4) is 0 Å². The highest BCUT2D eigenvalue weighted by Crippen LogP contribution is 2.25. The predicted molar refractivity (Wildman–Crippen MR) is 60.2 cm³/mol. The van der Waals surface area contributed by atoms with E-state index in [1.54, 1.807) is 30.3 Å². The maximum absolute atomic E-state index is 13.6. The quantitative estimate of drug-likeness (QED) is 0.802. The minimum absolute atomic E-state index is 0.445. The summed E-state index contributed by atoms with van der Waals surface area (Å²) in [7, 11) is 1.36. The average Bonchev–Trinajstić information content (AvgIpc) is 2.26. The van der Waals surface area contributed by atoms with Crippen LogP contribution in [-0.4, -0.2) is 30.1 Å². The van der Waals surface area contributed by atoms with Crippen LogP contribution in [0.2, 0.25) is 0 Å². The zero-order chi connectivity index (χ0) is 12.9. The molecule has 0 radical (unpaired) electrons. The van der Waals surface area contributed by atoms with Crippen LogP contribution in [-0.2, 0) is 11.2 Å². The molecule has 0 amide bonds. The Morgan fingerprint density at radius 3 is 2.47 bits per heavy atom. The number of carboxylic acids is 1. The lowest BCUT2D eigenvalue weighted by molar-refractivity contribution is -0.142. The van der Waals surface area contributed by atoms with Gasteiger partial charge in [0.15, 0.2) is 0 Å². The van der Waals surface area contributed by atoms with Gasteiger partial charge in [0.1, 0.15) is 6.04 Å². The molecule has 0 heterocycles. The molecule has 0 aliphatic heterocycles. The van der Waals surface area contributed by atoms with Crippen molar-refractivity contribution in [1.29, 1.82) is 0 Å². The molecule has 2 N–H and O–H groups in total. The van der Waals surface area contributed by atoms with E-state index in [9.17, 15) is 13.6 Å². The number of likely N-dealkylation sites (N-methyl/N-ethyl adjacent to an activating group) is 1. The number of nitrogens with one attached hydrogen (secondary N) is 1. The molecule has 1 aromatic carbocycles. The monoisotopic (exact) mass is 243 g/mol. The second-order valence-corrected chi connectivity index (χ2v) is 3.90. The Kier molecular flexibility index (Phi) is 4.57. The highest BCUT2D eigenvalue weighted by molar-refractivity contribution is 5.73. The first kappa shape index (κ1) is 13.6. The molecule has 3 nitrogen and oxygen atoms in total. The van der Waals surface area contributed by atoms with Crippen LogP contribution in [0.4, 0.5) is 8.78 Å². The van der Waals surface area contributed by atoms with Gasteiger partial charge in [-0.15, -0.1) is 0 Å². The van der Waals surface area contributed by atoms with E-state index < -0.39 is 30.8 Å². The maximum atomic E-state index is 13.6. The fraction of sp³-hybridized carbons (Fsp3) is 0.417. The van der Waals surface area contributed by atoms with Crippen LogP contribution in [0.15, 0.2) is 30.3 Å². The highest BCUT2D eigenvalue weighted by Gasteiger charge is 2.35. The Morgan fingerprint density at radius 1 is 1.41 bits per heavy atom. The van der Waals surface area contributed by atoms with Gasteiger partial charge in [0.2, 0.25) is 0 Å². The van der Waals surface area contributed by atoms with Crippen molar-refractivity contribution < 1.29 is 18.7 Å². The number of carbonyl (C=O) groups is 1. The number of hydrogen-bond acceptors (Lipinski definition) is 2. The molecule has 0 aliphatic carbocycles. The molecule has 17 heavy (non-hydrogen) atoms. The molecule has 0 fully saturated rings. The second kappa shape index (κ2) is 5.72. The molecule has 1 rings (SSSR count). The van der Waals surface area contributed by atoms with E-state index in [1.165, 1.54) is 7.05 Å². The summed E-state index contributed by atoms with van der Waals surface area (Å²) in [6.45, 7) is 0. The van der Waals surface area contributed by atoms with Crippen LogP contribution in [0.1, 0.15) is 12.0 Å². The number of rotatable bonds is 6. The Balaban J connectivity index is 2.65. The molecule has 1 aromatic rings. The summed E-state index contributed by atoms with van der Waals surface area (Å²) in [5, 5.41) is 11.1. The van der Waals surface area contributed by atoms with Crippen molar-refractivity contribution in [1.82, 2.24) is 5.32 Å². The largest absolute Gasteiger partial charge is 0.480 e. The third-order valence-electron chi connectivity index (χ3n) is 2.45. The van der Waals surface area contributed by atoms with Gasteiger partial charge in [-0.25, -0.2) is 8.78 Å². The molecule has 94 valence electrons. The molecule has 0 spiro atoms. The summed E-state index contributed by atoms with van der Waals surface area (Å²) in [4.78, 5) is 10.7. The Morgan fingerprint density at radius 2 is 2.00 bits per heavy atom. The second-order valence-electron chi connectivity index (χ2n) is 3.90. The fourth-order valence-corrected chi connectivity index (χ4v) is 1.58. The van der Waals surface area contributed by atoms with Gasteiger partial charge < -0.3 is 10.4 Å². The van der Waals surface area contributed by atoms with Crippen LogP contribution in [0.3, 0.4) is 0 Å². The molecular formula is C12H15F2NO2. The number of carboxylic acid groups (broad SMARTS) is 1. The molecule has 0 bridgehead atoms. The number of alkyl halides is 2. The predicted octanol–water partition coefficient (Wildman–Crippen LogP) is 1.93. The summed E-state index contributed by atoms with van der Waals surface area (Å²) in [5.41, 5.74) is 0.498. The van der Waals surface area contributed by atoms with Gasteiger partial charge in [-0.05, 0) is 12.6 Å². The number of aliphatic carboxylic acids is 1. The third-order valence-corrected chi connectivity index (χ3v) is 2.45. The van der Waals surface area contributed by atoms with Crippen molar-refractivity contribution >= 4 is 5.97 Å². The van der Waals surface area contributed by atoms with Crippen LogP contribution in [0.25, 0.3) is 0 Å². The molecule has 0 aromatic heterocycles. The third kappa shape index (κ3) is 4.48. The minimum Gasteiger partial charge on any atom is -0.480 e. The van der Waals surface area contributed by atoms with E-state index in [4.69, 9.17) is 5.11 Å². The Bertz CT molecular complexity index is 368. The van der Waals surface area contributed by atoms with Gasteiger partial charge in [-0.2, -0.15) is 0 Å². The number of halogens is 2. The maximum Gasteiger partial charge on any atom is 0.320 e. The van der Waals surface area contributed by atoms with E-state index in [0.29, 0.717) is 5.56 Å². The van der Waals surface area contributed by atoms with Crippen LogP contribution in [0.5, 0.6) is 0 Å². The molecule has 0 saturated carbocycles. The topological polar surface area (TPSA) is 49.3 Å². The first-order chi connectivity index (χ1) is 7.94. The van der Waals surface area contributed by atoms with Gasteiger partial charge in [-0.1, -0.05) is 30.3 Å².